The first-order chi connectivity index (χ1) is 11.0. The number of carbonyl (C=O) groups excluding carboxylic acids is 3. The molecule has 0 saturated carbocycles. The highest BCUT2D eigenvalue weighted by Crippen LogP contribution is 2.12. The van der Waals surface area contributed by atoms with Gasteiger partial charge in [-0.25, -0.2) is 0 Å². The van der Waals surface area contributed by atoms with Crippen LogP contribution in [-0.4, -0.2) is 30.4 Å². The van der Waals surface area contributed by atoms with Crippen LogP contribution in [0.25, 0.3) is 0 Å². The number of benzene rings is 1. The van der Waals surface area contributed by atoms with Gasteiger partial charge >= 0.3 is 5.97 Å². The molecule has 1 atom stereocenters. The average Bonchev–Trinajstić information content (AvgIpc) is 2.53. The number of carbonyl (C=O) groups is 3. The number of hydrogen-bond acceptors (Lipinski definition) is 4. The van der Waals surface area contributed by atoms with E-state index in [4.69, 9.17) is 4.74 Å². The molecule has 1 rings (SSSR count). The van der Waals surface area contributed by atoms with Crippen LogP contribution in [0.15, 0.2) is 24.3 Å². The SMILES string of the molecule is CCOC(=O)CCC(=O)Nc1cccc(C(=O)NC(C)CC)c1. The Balaban J connectivity index is 2.58. The van der Waals surface area contributed by atoms with Gasteiger partial charge in [0.15, 0.2) is 0 Å². The fraction of sp³-hybridized carbons (Fsp3) is 0.471. The molecule has 0 aliphatic heterocycles. The van der Waals surface area contributed by atoms with Gasteiger partial charge in [0, 0.05) is 23.7 Å². The largest absolute Gasteiger partial charge is 0.466 e. The molecule has 0 aromatic heterocycles. The van der Waals surface area contributed by atoms with E-state index in [2.05, 4.69) is 10.6 Å². The van der Waals surface area contributed by atoms with Crippen molar-refractivity contribution >= 4 is 23.5 Å². The van der Waals surface area contributed by atoms with E-state index in [9.17, 15) is 14.4 Å². The molecular formula is C17H24N2O4. The van der Waals surface area contributed by atoms with Crippen LogP contribution in [0.3, 0.4) is 0 Å². The first-order valence-electron chi connectivity index (χ1n) is 7.82. The third-order valence-electron chi connectivity index (χ3n) is 3.26. The lowest BCUT2D eigenvalue weighted by Gasteiger charge is -2.12. The van der Waals surface area contributed by atoms with Crippen molar-refractivity contribution < 1.29 is 19.1 Å². The summed E-state index contributed by atoms with van der Waals surface area (Å²) in [6.45, 7) is 5.94. The van der Waals surface area contributed by atoms with Gasteiger partial charge in [-0.1, -0.05) is 13.0 Å². The van der Waals surface area contributed by atoms with Crippen LogP contribution < -0.4 is 10.6 Å². The number of hydrogen-bond donors (Lipinski definition) is 2. The minimum atomic E-state index is -0.399. The lowest BCUT2D eigenvalue weighted by atomic mass is 10.1. The van der Waals surface area contributed by atoms with Crippen molar-refractivity contribution in [2.45, 2.75) is 46.1 Å². The summed E-state index contributed by atoms with van der Waals surface area (Å²) in [4.78, 5) is 35.1. The predicted molar refractivity (Wildman–Crippen MR) is 88.2 cm³/mol. The second-order valence-corrected chi connectivity index (χ2v) is 5.22. The summed E-state index contributed by atoms with van der Waals surface area (Å²) < 4.78 is 4.77. The smallest absolute Gasteiger partial charge is 0.306 e. The Bertz CT molecular complexity index is 557. The van der Waals surface area contributed by atoms with E-state index in [1.165, 1.54) is 0 Å². The molecule has 1 unspecified atom stereocenters. The molecule has 0 radical (unpaired) electrons. The zero-order valence-corrected chi connectivity index (χ0v) is 13.8. The van der Waals surface area contributed by atoms with Crippen LogP contribution in [0.2, 0.25) is 0 Å². The van der Waals surface area contributed by atoms with E-state index in [0.29, 0.717) is 17.9 Å². The summed E-state index contributed by atoms with van der Waals surface area (Å²) in [5.74, 6) is -0.871. The molecule has 0 bridgehead atoms. The highest BCUT2D eigenvalue weighted by Gasteiger charge is 2.11. The Hall–Kier alpha value is -2.37. The maximum Gasteiger partial charge on any atom is 0.306 e. The Kier molecular flexibility index (Phi) is 7.80. The third-order valence-corrected chi connectivity index (χ3v) is 3.26. The topological polar surface area (TPSA) is 84.5 Å². The zero-order chi connectivity index (χ0) is 17.2. The molecule has 23 heavy (non-hydrogen) atoms. The van der Waals surface area contributed by atoms with Crippen molar-refractivity contribution in [3.8, 4) is 0 Å². The number of rotatable bonds is 8. The summed E-state index contributed by atoms with van der Waals surface area (Å²) in [7, 11) is 0. The fourth-order valence-corrected chi connectivity index (χ4v) is 1.82. The molecule has 0 aliphatic carbocycles. The molecular weight excluding hydrogens is 296 g/mol. The molecule has 2 amide bonds. The second kappa shape index (κ2) is 9.61. The van der Waals surface area contributed by atoms with Crippen molar-refractivity contribution in [3.63, 3.8) is 0 Å². The lowest BCUT2D eigenvalue weighted by Crippen LogP contribution is -2.31. The van der Waals surface area contributed by atoms with Gasteiger partial charge in [-0.3, -0.25) is 14.4 Å². The Morgan fingerprint density at radius 1 is 1.17 bits per heavy atom. The van der Waals surface area contributed by atoms with Crippen LogP contribution >= 0.6 is 0 Å². The molecule has 0 saturated heterocycles. The van der Waals surface area contributed by atoms with Gasteiger partial charge in [0.05, 0.1) is 13.0 Å². The normalized spacial score (nSPS) is 11.4. The minimum Gasteiger partial charge on any atom is -0.466 e. The van der Waals surface area contributed by atoms with Crippen LogP contribution in [0.5, 0.6) is 0 Å². The standard InChI is InChI=1S/C17H24N2O4/c1-4-12(3)18-17(22)13-7-6-8-14(11-13)19-15(20)9-10-16(21)23-5-2/h6-8,11-12H,4-5,9-10H2,1-3H3,(H,18,22)(H,19,20). The van der Waals surface area contributed by atoms with E-state index >= 15 is 0 Å². The lowest BCUT2D eigenvalue weighted by molar-refractivity contribution is -0.144. The minimum absolute atomic E-state index is 0.0356. The van der Waals surface area contributed by atoms with E-state index in [1.54, 1.807) is 31.2 Å². The van der Waals surface area contributed by atoms with E-state index in [0.717, 1.165) is 6.42 Å². The predicted octanol–water partition coefficient (Wildman–Crippen LogP) is 2.50. The maximum atomic E-state index is 12.1. The van der Waals surface area contributed by atoms with Crippen molar-refractivity contribution in [2.24, 2.45) is 0 Å². The molecule has 1 aromatic carbocycles. The molecule has 126 valence electrons. The van der Waals surface area contributed by atoms with Crippen LogP contribution in [0.1, 0.15) is 50.4 Å². The van der Waals surface area contributed by atoms with Gasteiger partial charge in [-0.05, 0) is 38.5 Å². The van der Waals surface area contributed by atoms with Crippen molar-refractivity contribution in [2.75, 3.05) is 11.9 Å². The van der Waals surface area contributed by atoms with E-state index in [-0.39, 0.29) is 30.7 Å². The van der Waals surface area contributed by atoms with Gasteiger partial charge in [-0.15, -0.1) is 0 Å². The Labute approximate surface area is 136 Å². The Morgan fingerprint density at radius 2 is 1.91 bits per heavy atom. The van der Waals surface area contributed by atoms with Crippen molar-refractivity contribution in [1.82, 2.24) is 5.32 Å². The molecule has 0 fully saturated rings. The first kappa shape index (κ1) is 18.7. The fourth-order valence-electron chi connectivity index (χ4n) is 1.82. The number of anilines is 1. The van der Waals surface area contributed by atoms with Gasteiger partial charge in [0.25, 0.3) is 5.91 Å². The molecule has 6 heteroatoms. The molecule has 0 aliphatic rings. The second-order valence-electron chi connectivity index (χ2n) is 5.22. The quantitative estimate of drug-likeness (QED) is 0.721. The average molecular weight is 320 g/mol. The monoisotopic (exact) mass is 320 g/mol. The summed E-state index contributed by atoms with van der Waals surface area (Å²) >= 11 is 0. The summed E-state index contributed by atoms with van der Waals surface area (Å²) in [6.07, 6.45) is 0.923. The van der Waals surface area contributed by atoms with Crippen LogP contribution in [0.4, 0.5) is 5.69 Å². The van der Waals surface area contributed by atoms with Crippen LogP contribution in [0, 0.1) is 0 Å². The van der Waals surface area contributed by atoms with E-state index in [1.807, 2.05) is 13.8 Å². The molecule has 0 spiro atoms. The molecule has 0 heterocycles. The molecule has 6 nitrogen and oxygen atoms in total. The number of esters is 1. The summed E-state index contributed by atoms with van der Waals surface area (Å²) in [5, 5.41) is 5.54. The van der Waals surface area contributed by atoms with Gasteiger partial charge < -0.3 is 15.4 Å². The molecule has 1 aromatic rings. The van der Waals surface area contributed by atoms with Crippen molar-refractivity contribution in [3.05, 3.63) is 29.8 Å². The van der Waals surface area contributed by atoms with Gasteiger partial charge in [-0.2, -0.15) is 0 Å². The first-order valence-corrected chi connectivity index (χ1v) is 7.82. The molecule has 2 N–H and O–H groups in total. The number of amides is 2. The van der Waals surface area contributed by atoms with Crippen molar-refractivity contribution in [1.29, 1.82) is 0 Å². The van der Waals surface area contributed by atoms with Gasteiger partial charge in [0.1, 0.15) is 0 Å². The summed E-state index contributed by atoms with van der Waals surface area (Å²) in [5.41, 5.74) is 1.00. The van der Waals surface area contributed by atoms with E-state index < -0.39 is 5.97 Å². The highest BCUT2D eigenvalue weighted by molar-refractivity contribution is 5.97. The summed E-state index contributed by atoms with van der Waals surface area (Å²) in [6, 6.07) is 6.78. The number of nitrogens with one attached hydrogen (secondary N) is 2. The zero-order valence-electron chi connectivity index (χ0n) is 13.8. The maximum absolute atomic E-state index is 12.1. The highest BCUT2D eigenvalue weighted by atomic mass is 16.5. The third kappa shape index (κ3) is 6.95. The Morgan fingerprint density at radius 3 is 2.57 bits per heavy atom. The number of ether oxygens (including phenoxy) is 1. The van der Waals surface area contributed by atoms with Gasteiger partial charge in [0.2, 0.25) is 5.91 Å². The van der Waals surface area contributed by atoms with Crippen LogP contribution in [-0.2, 0) is 14.3 Å².